The maximum Gasteiger partial charge on any atom is 0.325 e. The maximum atomic E-state index is 10.2. The van der Waals surface area contributed by atoms with Gasteiger partial charge in [0.05, 0.1) is 16.8 Å². The minimum atomic E-state index is -0.166. The molecule has 0 fully saturated rings. The smallest absolute Gasteiger partial charge is 0.325 e. The molecule has 0 bridgehead atoms. The summed E-state index contributed by atoms with van der Waals surface area (Å²) in [5.74, 6) is 0.910. The second kappa shape index (κ2) is 9.89. The Hall–Kier alpha value is -3.67. The van der Waals surface area contributed by atoms with Crippen molar-refractivity contribution in [1.82, 2.24) is 9.97 Å². The highest BCUT2D eigenvalue weighted by Crippen LogP contribution is 2.29. The molecule has 0 amide bonds. The number of benzene rings is 2. The van der Waals surface area contributed by atoms with Gasteiger partial charge in [-0.3, -0.25) is 4.99 Å². The lowest BCUT2D eigenvalue weighted by molar-refractivity contribution is 0.400. The molecule has 0 aliphatic heterocycles. The summed E-state index contributed by atoms with van der Waals surface area (Å²) in [4.78, 5) is 14.3. The molecule has 6 heteroatoms. The summed E-state index contributed by atoms with van der Waals surface area (Å²) in [6, 6.07) is 16.4. The van der Waals surface area contributed by atoms with E-state index in [1.807, 2.05) is 24.3 Å². The van der Waals surface area contributed by atoms with Gasteiger partial charge in [-0.05, 0) is 68.4 Å². The Balaban J connectivity index is 1.84. The number of aliphatic imine (C=N–C) groups is 1. The molecule has 1 aromatic heterocycles. The van der Waals surface area contributed by atoms with Crippen LogP contribution in [0.3, 0.4) is 0 Å². The maximum absolute atomic E-state index is 10.2. The fourth-order valence-corrected chi connectivity index (χ4v) is 3.31. The molecule has 6 nitrogen and oxygen atoms in total. The zero-order valence-electron chi connectivity index (χ0n) is 18.4. The van der Waals surface area contributed by atoms with Crippen LogP contribution in [0.4, 0.5) is 11.4 Å². The van der Waals surface area contributed by atoms with E-state index in [2.05, 4.69) is 71.6 Å². The lowest BCUT2D eigenvalue weighted by Crippen LogP contribution is -2.29. The van der Waals surface area contributed by atoms with Crippen molar-refractivity contribution in [2.75, 3.05) is 11.4 Å². The van der Waals surface area contributed by atoms with Crippen molar-refractivity contribution in [2.45, 2.75) is 33.6 Å². The SMILES string of the molecule is C=N/C=c1/nc(Oc2ccc(N(CC)c3ccc(C(C)C)cc3)cc2)nc(O)/c1=C/C. The van der Waals surface area contributed by atoms with Crippen LogP contribution in [0.5, 0.6) is 17.6 Å². The van der Waals surface area contributed by atoms with E-state index in [1.165, 1.54) is 11.8 Å². The lowest BCUT2D eigenvalue weighted by Gasteiger charge is -2.24. The summed E-state index contributed by atoms with van der Waals surface area (Å²) < 4.78 is 5.77. The predicted octanol–water partition coefficient (Wildman–Crippen LogP) is 4.49. The van der Waals surface area contributed by atoms with E-state index >= 15 is 0 Å². The van der Waals surface area contributed by atoms with E-state index in [9.17, 15) is 5.11 Å². The van der Waals surface area contributed by atoms with Crippen LogP contribution in [-0.2, 0) is 0 Å². The third-order valence-corrected chi connectivity index (χ3v) is 4.98. The highest BCUT2D eigenvalue weighted by Gasteiger charge is 2.10. The second-order valence-corrected chi connectivity index (χ2v) is 7.32. The van der Waals surface area contributed by atoms with Crippen molar-refractivity contribution >= 4 is 30.4 Å². The first-order chi connectivity index (χ1) is 15.0. The van der Waals surface area contributed by atoms with E-state index in [4.69, 9.17) is 4.74 Å². The van der Waals surface area contributed by atoms with E-state index in [1.54, 1.807) is 13.0 Å². The quantitative estimate of drug-likeness (QED) is 0.575. The highest BCUT2D eigenvalue weighted by atomic mass is 16.5. The van der Waals surface area contributed by atoms with Gasteiger partial charge < -0.3 is 14.7 Å². The molecule has 0 saturated heterocycles. The second-order valence-electron chi connectivity index (χ2n) is 7.32. The molecule has 3 rings (SSSR count). The third-order valence-electron chi connectivity index (χ3n) is 4.98. The molecule has 3 aromatic rings. The van der Waals surface area contributed by atoms with Gasteiger partial charge in [0.1, 0.15) is 5.75 Å². The summed E-state index contributed by atoms with van der Waals surface area (Å²) in [5, 5.41) is 11.1. The van der Waals surface area contributed by atoms with Crippen LogP contribution >= 0.6 is 0 Å². The summed E-state index contributed by atoms with van der Waals surface area (Å²) in [6.07, 6.45) is 3.16. The number of aromatic hydroxyl groups is 1. The topological polar surface area (TPSA) is 70.8 Å². The Morgan fingerprint density at radius 1 is 1.06 bits per heavy atom. The average Bonchev–Trinajstić information content (AvgIpc) is 2.76. The van der Waals surface area contributed by atoms with Crippen molar-refractivity contribution in [1.29, 1.82) is 0 Å². The fraction of sp³-hybridized carbons (Fsp3) is 0.240. The summed E-state index contributed by atoms with van der Waals surface area (Å²) >= 11 is 0. The number of anilines is 2. The van der Waals surface area contributed by atoms with E-state index < -0.39 is 0 Å². The molecule has 31 heavy (non-hydrogen) atoms. The minimum absolute atomic E-state index is 0.0439. The van der Waals surface area contributed by atoms with Crippen LogP contribution in [0.15, 0.2) is 53.5 Å². The molecule has 2 aromatic carbocycles. The molecule has 1 N–H and O–H groups in total. The van der Waals surface area contributed by atoms with Gasteiger partial charge in [-0.25, -0.2) is 0 Å². The van der Waals surface area contributed by atoms with Gasteiger partial charge in [-0.1, -0.05) is 32.1 Å². The van der Waals surface area contributed by atoms with Crippen molar-refractivity contribution in [2.24, 2.45) is 4.99 Å². The minimum Gasteiger partial charge on any atom is -0.493 e. The number of ether oxygens (including phenoxy) is 1. The Labute approximate surface area is 182 Å². The van der Waals surface area contributed by atoms with Crippen LogP contribution < -0.4 is 20.2 Å². The molecule has 0 spiro atoms. The van der Waals surface area contributed by atoms with Crippen molar-refractivity contribution in [3.05, 3.63) is 64.7 Å². The number of nitrogens with zero attached hydrogens (tertiary/aromatic N) is 4. The van der Waals surface area contributed by atoms with Crippen molar-refractivity contribution in [3.8, 4) is 17.6 Å². The van der Waals surface area contributed by atoms with Gasteiger partial charge in [0.2, 0.25) is 5.88 Å². The van der Waals surface area contributed by atoms with Gasteiger partial charge in [0.15, 0.2) is 0 Å². The first kappa shape index (κ1) is 22.0. The molecule has 160 valence electrons. The summed E-state index contributed by atoms with van der Waals surface area (Å²) in [5.41, 5.74) is 3.51. The third kappa shape index (κ3) is 5.09. The number of hydrogen-bond acceptors (Lipinski definition) is 6. The summed E-state index contributed by atoms with van der Waals surface area (Å²) in [6.45, 7) is 12.6. The van der Waals surface area contributed by atoms with Crippen LogP contribution in [0.25, 0.3) is 12.3 Å². The summed E-state index contributed by atoms with van der Waals surface area (Å²) in [7, 11) is 0. The van der Waals surface area contributed by atoms with Gasteiger partial charge in [0, 0.05) is 17.9 Å². The fourth-order valence-electron chi connectivity index (χ4n) is 3.31. The first-order valence-corrected chi connectivity index (χ1v) is 10.3. The number of hydrogen-bond donors (Lipinski definition) is 1. The Morgan fingerprint density at radius 2 is 1.68 bits per heavy atom. The molecule has 0 saturated carbocycles. The lowest BCUT2D eigenvalue weighted by atomic mass is 10.0. The van der Waals surface area contributed by atoms with E-state index in [0.717, 1.165) is 17.9 Å². The van der Waals surface area contributed by atoms with Crippen LogP contribution in [0.1, 0.15) is 39.2 Å². The van der Waals surface area contributed by atoms with Crippen LogP contribution in [0, 0.1) is 0 Å². The molecular weight excluding hydrogens is 388 g/mol. The van der Waals surface area contributed by atoms with Crippen molar-refractivity contribution < 1.29 is 9.84 Å². The Kier molecular flexibility index (Phi) is 7.03. The zero-order chi connectivity index (χ0) is 22.4. The molecule has 0 aliphatic carbocycles. The average molecular weight is 417 g/mol. The van der Waals surface area contributed by atoms with Gasteiger partial charge in [0.25, 0.3) is 0 Å². The normalized spacial score (nSPS) is 12.3. The number of rotatable bonds is 7. The number of aromatic nitrogens is 2. The zero-order valence-corrected chi connectivity index (χ0v) is 18.4. The van der Waals surface area contributed by atoms with Crippen molar-refractivity contribution in [3.63, 3.8) is 0 Å². The largest absolute Gasteiger partial charge is 0.493 e. The molecule has 0 aliphatic rings. The first-order valence-electron chi connectivity index (χ1n) is 10.3. The van der Waals surface area contributed by atoms with E-state index in [-0.39, 0.29) is 11.9 Å². The Morgan fingerprint density at radius 3 is 2.19 bits per heavy atom. The van der Waals surface area contributed by atoms with Gasteiger partial charge in [-0.2, -0.15) is 9.97 Å². The molecule has 0 atom stereocenters. The highest BCUT2D eigenvalue weighted by molar-refractivity contribution is 5.64. The standard InChI is InChI=1S/C25H28N4O2/c1-6-22-23(16-26-5)27-25(28-24(22)30)31-21-14-12-20(13-15-21)29(7-2)19-10-8-18(9-11-19)17(3)4/h6,8-17H,5,7H2,1-4H3,(H,27,28,30)/b22-6+,23-16+. The van der Waals surface area contributed by atoms with Gasteiger partial charge in [-0.15, -0.1) is 0 Å². The molecule has 0 unspecified atom stereocenters. The molecule has 0 radical (unpaired) electrons. The Bertz CT molecular complexity index is 1150. The van der Waals surface area contributed by atoms with Crippen LogP contribution in [-0.4, -0.2) is 28.3 Å². The van der Waals surface area contributed by atoms with Gasteiger partial charge >= 0.3 is 6.01 Å². The van der Waals surface area contributed by atoms with E-state index in [0.29, 0.717) is 22.2 Å². The molecule has 1 heterocycles. The predicted molar refractivity (Wildman–Crippen MR) is 127 cm³/mol. The van der Waals surface area contributed by atoms with Crippen LogP contribution in [0.2, 0.25) is 0 Å². The molecular formula is C25H28N4O2. The monoisotopic (exact) mass is 416 g/mol.